The van der Waals surface area contributed by atoms with Crippen molar-refractivity contribution in [1.29, 1.82) is 0 Å². The van der Waals surface area contributed by atoms with E-state index < -0.39 is 0 Å². The van der Waals surface area contributed by atoms with E-state index >= 15 is 0 Å². The van der Waals surface area contributed by atoms with Gasteiger partial charge in [-0.15, -0.1) is 12.8 Å². The van der Waals surface area contributed by atoms with Crippen LogP contribution in [0.3, 0.4) is 0 Å². The number of allylic oxidation sites excluding steroid dienone is 4. The van der Waals surface area contributed by atoms with Crippen molar-refractivity contribution >= 4 is 0 Å². The maximum atomic E-state index is 5.36. The summed E-state index contributed by atoms with van der Waals surface area (Å²) in [4.78, 5) is 0. The average Bonchev–Trinajstić information content (AvgIpc) is 2.05. The van der Waals surface area contributed by atoms with Crippen molar-refractivity contribution < 1.29 is 0 Å². The number of hydrogen-bond donors (Lipinski definition) is 0. The Kier molecular flexibility index (Phi) is 3.24. The molecule has 0 bridgehead atoms. The van der Waals surface area contributed by atoms with Crippen LogP contribution in [0.1, 0.15) is 25.7 Å². The lowest BCUT2D eigenvalue weighted by molar-refractivity contribution is 0.914. The van der Waals surface area contributed by atoms with Crippen LogP contribution >= 0.6 is 0 Å². The largest absolute Gasteiger partial charge is 0.115 e. The van der Waals surface area contributed by atoms with E-state index in [9.17, 15) is 0 Å². The third kappa shape index (κ3) is 2.04. The van der Waals surface area contributed by atoms with Crippen molar-refractivity contribution in [3.8, 4) is 24.7 Å². The minimum atomic E-state index is 0.923. The molecule has 0 spiro atoms. The second kappa shape index (κ2) is 4.47. The van der Waals surface area contributed by atoms with Crippen LogP contribution in [-0.4, -0.2) is 0 Å². The first-order valence-electron chi connectivity index (χ1n) is 4.18. The SMILES string of the molecule is C#CC1=C(C#C)CCC=CCC1. The average molecular weight is 156 g/mol. The summed E-state index contributed by atoms with van der Waals surface area (Å²) in [6, 6.07) is 0. The van der Waals surface area contributed by atoms with Crippen LogP contribution in [-0.2, 0) is 0 Å². The molecule has 0 amide bonds. The number of hydrogen-bond acceptors (Lipinski definition) is 0. The summed E-state index contributed by atoms with van der Waals surface area (Å²) in [5.41, 5.74) is 2.03. The predicted octanol–water partition coefficient (Wildman–Crippen LogP) is 2.68. The van der Waals surface area contributed by atoms with E-state index in [2.05, 4.69) is 24.0 Å². The lowest BCUT2D eigenvalue weighted by atomic mass is 9.98. The molecule has 1 aliphatic carbocycles. The molecule has 0 aromatic carbocycles. The van der Waals surface area contributed by atoms with E-state index in [4.69, 9.17) is 12.8 Å². The van der Waals surface area contributed by atoms with Gasteiger partial charge in [-0.2, -0.15) is 0 Å². The monoisotopic (exact) mass is 156 g/mol. The van der Waals surface area contributed by atoms with E-state index in [0.29, 0.717) is 0 Å². The fourth-order valence-corrected chi connectivity index (χ4v) is 1.31. The van der Waals surface area contributed by atoms with Crippen LogP contribution in [0, 0.1) is 24.7 Å². The van der Waals surface area contributed by atoms with Crippen molar-refractivity contribution in [3.63, 3.8) is 0 Å². The molecule has 0 unspecified atom stereocenters. The van der Waals surface area contributed by atoms with Gasteiger partial charge >= 0.3 is 0 Å². The molecule has 0 aromatic rings. The van der Waals surface area contributed by atoms with E-state index in [1.807, 2.05) is 0 Å². The first-order valence-corrected chi connectivity index (χ1v) is 4.18. The fourth-order valence-electron chi connectivity index (χ4n) is 1.31. The van der Waals surface area contributed by atoms with Gasteiger partial charge in [0.1, 0.15) is 0 Å². The maximum absolute atomic E-state index is 5.36. The van der Waals surface area contributed by atoms with Crippen molar-refractivity contribution in [2.45, 2.75) is 25.7 Å². The summed E-state index contributed by atoms with van der Waals surface area (Å²) < 4.78 is 0. The molecule has 0 saturated carbocycles. The van der Waals surface area contributed by atoms with Gasteiger partial charge in [0.15, 0.2) is 0 Å². The lowest BCUT2D eigenvalue weighted by Crippen LogP contribution is -1.90. The van der Waals surface area contributed by atoms with Crippen LogP contribution in [0.2, 0.25) is 0 Å². The topological polar surface area (TPSA) is 0 Å². The molecule has 0 aliphatic heterocycles. The summed E-state index contributed by atoms with van der Waals surface area (Å²) in [6.45, 7) is 0. The Morgan fingerprint density at radius 3 is 1.67 bits per heavy atom. The summed E-state index contributed by atoms with van der Waals surface area (Å²) in [5.74, 6) is 5.35. The van der Waals surface area contributed by atoms with Gasteiger partial charge in [0, 0.05) is 11.1 Å². The quantitative estimate of drug-likeness (QED) is 0.373. The molecule has 0 heteroatoms. The van der Waals surface area contributed by atoms with Crippen molar-refractivity contribution in [3.05, 3.63) is 23.3 Å². The molecule has 12 heavy (non-hydrogen) atoms. The second-order valence-electron chi connectivity index (χ2n) is 2.79. The van der Waals surface area contributed by atoms with Crippen LogP contribution < -0.4 is 0 Å². The molecule has 0 saturated heterocycles. The third-order valence-electron chi connectivity index (χ3n) is 2.00. The smallest absolute Gasteiger partial charge is 0.0136 e. The normalized spacial score (nSPS) is 17.5. The summed E-state index contributed by atoms with van der Waals surface area (Å²) in [6.07, 6.45) is 19.0. The second-order valence-corrected chi connectivity index (χ2v) is 2.79. The number of rotatable bonds is 0. The molecule has 60 valence electrons. The van der Waals surface area contributed by atoms with Gasteiger partial charge in [-0.1, -0.05) is 24.0 Å². The Labute approximate surface area is 74.4 Å². The van der Waals surface area contributed by atoms with Gasteiger partial charge < -0.3 is 0 Å². The highest BCUT2D eigenvalue weighted by molar-refractivity contribution is 5.41. The van der Waals surface area contributed by atoms with E-state index in [-0.39, 0.29) is 0 Å². The van der Waals surface area contributed by atoms with Crippen LogP contribution in [0.4, 0.5) is 0 Å². The Bertz CT molecular complexity index is 259. The lowest BCUT2D eigenvalue weighted by Gasteiger charge is -2.06. The molecule has 0 nitrogen and oxygen atoms in total. The van der Waals surface area contributed by atoms with Crippen molar-refractivity contribution in [2.75, 3.05) is 0 Å². The Hall–Kier alpha value is -1.40. The highest BCUT2D eigenvalue weighted by Gasteiger charge is 2.02. The molecule has 0 aromatic heterocycles. The summed E-state index contributed by atoms with van der Waals surface area (Å²) in [5, 5.41) is 0. The molecule has 0 radical (unpaired) electrons. The highest BCUT2D eigenvalue weighted by atomic mass is 14.1. The molecular formula is C12H12. The molecule has 0 fully saturated rings. The molecule has 1 aliphatic rings. The van der Waals surface area contributed by atoms with E-state index in [1.54, 1.807) is 0 Å². The van der Waals surface area contributed by atoms with Gasteiger partial charge in [0.25, 0.3) is 0 Å². The van der Waals surface area contributed by atoms with Crippen LogP contribution in [0.15, 0.2) is 23.3 Å². The van der Waals surface area contributed by atoms with Gasteiger partial charge in [-0.25, -0.2) is 0 Å². The number of terminal acetylenes is 2. The molecule has 0 heterocycles. The van der Waals surface area contributed by atoms with Gasteiger partial charge in [-0.3, -0.25) is 0 Å². The standard InChI is InChI=1S/C12H12/c1-3-11-9-7-5-6-8-10-12(11)4-2/h1-2,5-6H,7-10H2. The Morgan fingerprint density at radius 1 is 0.917 bits per heavy atom. The van der Waals surface area contributed by atoms with Gasteiger partial charge in [0.2, 0.25) is 0 Å². The molecular weight excluding hydrogens is 144 g/mol. The fraction of sp³-hybridized carbons (Fsp3) is 0.333. The van der Waals surface area contributed by atoms with Gasteiger partial charge in [0.05, 0.1) is 0 Å². The first-order chi connectivity index (χ1) is 5.88. The zero-order chi connectivity index (χ0) is 8.81. The van der Waals surface area contributed by atoms with Crippen molar-refractivity contribution in [2.24, 2.45) is 0 Å². The van der Waals surface area contributed by atoms with Gasteiger partial charge in [-0.05, 0) is 25.7 Å². The predicted molar refractivity (Wildman–Crippen MR) is 52.3 cm³/mol. The maximum Gasteiger partial charge on any atom is 0.0136 e. The Balaban J connectivity index is 2.85. The zero-order valence-corrected chi connectivity index (χ0v) is 7.14. The molecule has 0 N–H and O–H groups in total. The van der Waals surface area contributed by atoms with Crippen LogP contribution in [0.25, 0.3) is 0 Å². The molecule has 1 rings (SSSR count). The van der Waals surface area contributed by atoms with E-state index in [1.165, 1.54) is 0 Å². The van der Waals surface area contributed by atoms with Crippen molar-refractivity contribution in [1.82, 2.24) is 0 Å². The molecule has 0 atom stereocenters. The minimum Gasteiger partial charge on any atom is -0.115 e. The third-order valence-corrected chi connectivity index (χ3v) is 2.00. The van der Waals surface area contributed by atoms with E-state index in [0.717, 1.165) is 36.8 Å². The first kappa shape index (κ1) is 8.69. The minimum absolute atomic E-state index is 0.923. The van der Waals surface area contributed by atoms with Crippen LogP contribution in [0.5, 0.6) is 0 Å². The summed E-state index contributed by atoms with van der Waals surface area (Å²) in [7, 11) is 0. The summed E-state index contributed by atoms with van der Waals surface area (Å²) >= 11 is 0. The highest BCUT2D eigenvalue weighted by Crippen LogP contribution is 2.18. The zero-order valence-electron chi connectivity index (χ0n) is 7.14. The Morgan fingerprint density at radius 2 is 1.33 bits per heavy atom.